The van der Waals surface area contributed by atoms with Crippen molar-refractivity contribution in [2.45, 2.75) is 45.4 Å². The minimum Gasteiger partial charge on any atom is -0.444 e. The highest BCUT2D eigenvalue weighted by atomic mass is 79.9. The summed E-state index contributed by atoms with van der Waals surface area (Å²) in [6.45, 7) is 9.14. The first-order chi connectivity index (χ1) is 9.76. The van der Waals surface area contributed by atoms with Gasteiger partial charge in [0, 0.05) is 23.6 Å². The molecule has 0 aliphatic carbocycles. The molecule has 1 aliphatic heterocycles. The number of amides is 1. The fraction of sp³-hybridized carbons (Fsp3) is 0.562. The van der Waals surface area contributed by atoms with Crippen LogP contribution in [-0.4, -0.2) is 35.7 Å². The Labute approximate surface area is 135 Å². The first-order valence-corrected chi connectivity index (χ1v) is 8.04. The van der Waals surface area contributed by atoms with Crippen molar-refractivity contribution in [3.63, 3.8) is 0 Å². The van der Waals surface area contributed by atoms with Crippen LogP contribution in [0.3, 0.4) is 0 Å². The van der Waals surface area contributed by atoms with Gasteiger partial charge in [-0.2, -0.15) is 0 Å². The van der Waals surface area contributed by atoms with Gasteiger partial charge in [0.05, 0.1) is 6.04 Å². The Bertz CT molecular complexity index is 513. The van der Waals surface area contributed by atoms with Crippen LogP contribution in [0.25, 0.3) is 0 Å². The number of halogens is 1. The normalized spacial score (nSPS) is 23.0. The fourth-order valence-electron chi connectivity index (χ4n) is 2.44. The number of carbonyl (C=O) groups is 1. The molecule has 0 radical (unpaired) electrons. The van der Waals surface area contributed by atoms with Crippen LogP contribution in [0.5, 0.6) is 0 Å². The monoisotopic (exact) mass is 354 g/mol. The van der Waals surface area contributed by atoms with E-state index in [0.717, 1.165) is 16.6 Å². The van der Waals surface area contributed by atoms with Crippen LogP contribution in [0.15, 0.2) is 28.7 Å². The van der Waals surface area contributed by atoms with Gasteiger partial charge in [0.1, 0.15) is 5.60 Å². The number of benzene rings is 1. The summed E-state index contributed by atoms with van der Waals surface area (Å²) in [6.07, 6.45) is -0.249. The van der Waals surface area contributed by atoms with Crippen molar-refractivity contribution >= 4 is 22.0 Å². The number of piperazine rings is 1. The first kappa shape index (κ1) is 16.3. The number of ether oxygens (including phenoxy) is 1. The number of carbonyl (C=O) groups excluding carboxylic acids is 1. The average molecular weight is 355 g/mol. The molecule has 1 aromatic carbocycles. The van der Waals surface area contributed by atoms with E-state index in [1.165, 1.54) is 0 Å². The predicted molar refractivity (Wildman–Crippen MR) is 87.3 cm³/mol. The van der Waals surface area contributed by atoms with Gasteiger partial charge >= 0.3 is 6.09 Å². The van der Waals surface area contributed by atoms with Gasteiger partial charge in [0.25, 0.3) is 0 Å². The van der Waals surface area contributed by atoms with E-state index in [0.29, 0.717) is 6.54 Å². The van der Waals surface area contributed by atoms with Crippen LogP contribution >= 0.6 is 15.9 Å². The molecule has 0 bridgehead atoms. The summed E-state index contributed by atoms with van der Waals surface area (Å²) in [7, 11) is 0. The lowest BCUT2D eigenvalue weighted by molar-refractivity contribution is 0.00787. The highest BCUT2D eigenvalue weighted by Gasteiger charge is 2.33. The largest absolute Gasteiger partial charge is 0.444 e. The Kier molecular flexibility index (Phi) is 4.94. The van der Waals surface area contributed by atoms with Gasteiger partial charge in [-0.25, -0.2) is 4.79 Å². The van der Waals surface area contributed by atoms with E-state index in [-0.39, 0.29) is 18.2 Å². The number of nitrogens with one attached hydrogen (secondary N) is 1. The molecule has 0 saturated carbocycles. The third-order valence-electron chi connectivity index (χ3n) is 3.37. The Balaban J connectivity index is 2.23. The number of rotatable bonds is 1. The molecule has 0 spiro atoms. The second-order valence-electron chi connectivity index (χ2n) is 6.51. The van der Waals surface area contributed by atoms with Crippen LogP contribution in [0.4, 0.5) is 4.79 Å². The number of hydrogen-bond donors (Lipinski definition) is 1. The van der Waals surface area contributed by atoms with Crippen molar-refractivity contribution in [2.75, 3.05) is 13.1 Å². The molecule has 1 N–H and O–H groups in total. The van der Waals surface area contributed by atoms with Gasteiger partial charge in [-0.05, 0) is 45.4 Å². The molecule has 116 valence electrons. The molecule has 5 heteroatoms. The maximum absolute atomic E-state index is 12.5. The lowest BCUT2D eigenvalue weighted by atomic mass is 10.0. The van der Waals surface area contributed by atoms with Crippen LogP contribution in [-0.2, 0) is 4.74 Å². The predicted octanol–water partition coefficient (Wildman–Crippen LogP) is 3.72. The number of nitrogens with zero attached hydrogens (tertiary/aromatic N) is 1. The molecule has 21 heavy (non-hydrogen) atoms. The molecule has 1 saturated heterocycles. The highest BCUT2D eigenvalue weighted by molar-refractivity contribution is 9.10. The fourth-order valence-corrected chi connectivity index (χ4v) is 2.86. The van der Waals surface area contributed by atoms with Gasteiger partial charge in [0.2, 0.25) is 0 Å². The zero-order valence-electron chi connectivity index (χ0n) is 13.0. The van der Waals surface area contributed by atoms with Gasteiger partial charge in [-0.3, -0.25) is 4.90 Å². The maximum Gasteiger partial charge on any atom is 0.410 e. The van der Waals surface area contributed by atoms with Crippen molar-refractivity contribution in [1.82, 2.24) is 10.2 Å². The molecule has 1 heterocycles. The van der Waals surface area contributed by atoms with Gasteiger partial charge in [0.15, 0.2) is 0 Å². The summed E-state index contributed by atoms with van der Waals surface area (Å²) in [6, 6.07) is 8.34. The van der Waals surface area contributed by atoms with Crippen molar-refractivity contribution in [3.8, 4) is 0 Å². The lowest BCUT2D eigenvalue weighted by Gasteiger charge is -2.40. The minimum atomic E-state index is -0.479. The quantitative estimate of drug-likeness (QED) is 0.835. The Morgan fingerprint density at radius 1 is 1.43 bits per heavy atom. The van der Waals surface area contributed by atoms with Crippen molar-refractivity contribution in [1.29, 1.82) is 0 Å². The Hall–Kier alpha value is -1.07. The summed E-state index contributed by atoms with van der Waals surface area (Å²) in [5, 5.41) is 3.43. The van der Waals surface area contributed by atoms with Gasteiger partial charge in [-0.1, -0.05) is 28.1 Å². The Morgan fingerprint density at radius 3 is 2.76 bits per heavy atom. The van der Waals surface area contributed by atoms with E-state index in [1.54, 1.807) is 0 Å². The topological polar surface area (TPSA) is 41.6 Å². The van der Waals surface area contributed by atoms with E-state index in [4.69, 9.17) is 4.74 Å². The molecule has 1 aromatic rings. The molecule has 2 rings (SSSR count). The van der Waals surface area contributed by atoms with E-state index in [2.05, 4.69) is 34.2 Å². The van der Waals surface area contributed by atoms with E-state index < -0.39 is 5.60 Å². The van der Waals surface area contributed by atoms with Crippen LogP contribution in [0.2, 0.25) is 0 Å². The zero-order valence-corrected chi connectivity index (χ0v) is 14.6. The Morgan fingerprint density at radius 2 is 2.14 bits per heavy atom. The van der Waals surface area contributed by atoms with E-state index in [1.807, 2.05) is 43.9 Å². The first-order valence-electron chi connectivity index (χ1n) is 7.25. The maximum atomic E-state index is 12.5. The average Bonchev–Trinajstić information content (AvgIpc) is 2.36. The second-order valence-corrected chi connectivity index (χ2v) is 7.43. The standard InChI is InChI=1S/C16H23BrN2O2/c1-11-10-19(15(20)21-16(2,3)4)14(9-18-11)12-6-5-7-13(17)8-12/h5-8,11,14,18H,9-10H2,1-4H3/t11-,14-/m1/s1. The van der Waals surface area contributed by atoms with Crippen LogP contribution in [0.1, 0.15) is 39.3 Å². The smallest absolute Gasteiger partial charge is 0.410 e. The molecule has 4 nitrogen and oxygen atoms in total. The minimum absolute atomic E-state index is 0.00597. The second kappa shape index (κ2) is 6.36. The van der Waals surface area contributed by atoms with E-state index >= 15 is 0 Å². The highest BCUT2D eigenvalue weighted by Crippen LogP contribution is 2.27. The summed E-state index contributed by atoms with van der Waals surface area (Å²) >= 11 is 3.49. The molecule has 1 amide bonds. The van der Waals surface area contributed by atoms with Crippen molar-refractivity contribution in [3.05, 3.63) is 34.3 Å². The summed E-state index contributed by atoms with van der Waals surface area (Å²) in [5.74, 6) is 0. The summed E-state index contributed by atoms with van der Waals surface area (Å²) in [4.78, 5) is 14.3. The lowest BCUT2D eigenvalue weighted by Crippen LogP contribution is -2.54. The molecule has 0 aromatic heterocycles. The molecule has 2 atom stereocenters. The van der Waals surface area contributed by atoms with Gasteiger partial charge in [-0.15, -0.1) is 0 Å². The summed E-state index contributed by atoms with van der Waals surface area (Å²) in [5.41, 5.74) is 0.627. The number of hydrogen-bond acceptors (Lipinski definition) is 3. The molecule has 0 unspecified atom stereocenters. The molecular formula is C16H23BrN2O2. The SMILES string of the molecule is C[C@@H]1CN(C(=O)OC(C)(C)C)[C@@H](c2cccc(Br)c2)CN1. The molecular weight excluding hydrogens is 332 g/mol. The van der Waals surface area contributed by atoms with E-state index in [9.17, 15) is 4.79 Å². The third kappa shape index (κ3) is 4.45. The zero-order chi connectivity index (χ0) is 15.6. The third-order valence-corrected chi connectivity index (χ3v) is 3.86. The van der Waals surface area contributed by atoms with Gasteiger partial charge < -0.3 is 10.1 Å². The van der Waals surface area contributed by atoms with Crippen molar-refractivity contribution in [2.24, 2.45) is 0 Å². The van der Waals surface area contributed by atoms with Crippen LogP contribution in [0, 0.1) is 0 Å². The molecule has 1 aliphatic rings. The summed E-state index contributed by atoms with van der Waals surface area (Å²) < 4.78 is 6.57. The molecule has 1 fully saturated rings. The van der Waals surface area contributed by atoms with Crippen LogP contribution < -0.4 is 5.32 Å². The van der Waals surface area contributed by atoms with Crippen molar-refractivity contribution < 1.29 is 9.53 Å².